The lowest BCUT2D eigenvalue weighted by Gasteiger charge is -2.22. The molecule has 1 fully saturated rings. The van der Waals surface area contributed by atoms with Gasteiger partial charge in [-0.25, -0.2) is 17.8 Å². The van der Waals surface area contributed by atoms with Gasteiger partial charge in [-0.1, -0.05) is 23.5 Å². The van der Waals surface area contributed by atoms with Gasteiger partial charge in [0.15, 0.2) is 0 Å². The van der Waals surface area contributed by atoms with E-state index in [1.165, 1.54) is 32.5 Å². The van der Waals surface area contributed by atoms with E-state index in [-0.39, 0.29) is 16.3 Å². The van der Waals surface area contributed by atoms with Crippen LogP contribution in [0.1, 0.15) is 18.5 Å². The van der Waals surface area contributed by atoms with Gasteiger partial charge in [0.2, 0.25) is 11.0 Å². The molecule has 5 rings (SSSR count). The highest BCUT2D eigenvalue weighted by atomic mass is 32.2. The van der Waals surface area contributed by atoms with Crippen molar-refractivity contribution in [1.29, 1.82) is 0 Å². The van der Waals surface area contributed by atoms with Gasteiger partial charge in [0.05, 0.1) is 10.4 Å². The van der Waals surface area contributed by atoms with E-state index in [0.29, 0.717) is 34.2 Å². The number of nitrogens with one attached hydrogen (secondary N) is 1. The number of rotatable bonds is 5. The zero-order valence-electron chi connectivity index (χ0n) is 16.9. The first-order valence-corrected chi connectivity index (χ1v) is 13.0. The summed E-state index contributed by atoms with van der Waals surface area (Å²) < 4.78 is 43.6. The number of aromatic nitrogens is 3. The number of halogens is 1. The third-order valence-electron chi connectivity index (χ3n) is 5.19. The van der Waals surface area contributed by atoms with E-state index in [1.54, 1.807) is 36.6 Å². The monoisotopic (exact) mass is 491 g/mol. The second-order valence-corrected chi connectivity index (χ2v) is 11.4. The lowest BCUT2D eigenvalue weighted by molar-refractivity contribution is -0.119. The molecule has 1 atom stereocenters. The van der Waals surface area contributed by atoms with Crippen LogP contribution in [-0.2, 0) is 14.8 Å². The molecule has 1 N–H and O–H groups in total. The van der Waals surface area contributed by atoms with E-state index < -0.39 is 27.8 Å². The fraction of sp³-hybridized carbons (Fsp3) is 0.250. The molecule has 1 saturated heterocycles. The van der Waals surface area contributed by atoms with Gasteiger partial charge in [-0.2, -0.15) is 14.1 Å². The third-order valence-corrected chi connectivity index (χ3v) is 9.46. The van der Waals surface area contributed by atoms with E-state index in [0.717, 1.165) is 11.3 Å². The molecule has 32 heavy (non-hydrogen) atoms. The average molecular weight is 492 g/mol. The Bertz CT molecular complexity index is 1410. The van der Waals surface area contributed by atoms with Crippen molar-refractivity contribution in [3.8, 4) is 5.13 Å². The van der Waals surface area contributed by atoms with Gasteiger partial charge in [0.1, 0.15) is 27.4 Å². The maximum Gasteiger partial charge on any atom is 0.253 e. The van der Waals surface area contributed by atoms with Crippen LogP contribution >= 0.6 is 22.7 Å². The molecule has 1 aromatic carbocycles. The number of fused-ring (bicyclic) bond motifs is 1. The summed E-state index contributed by atoms with van der Waals surface area (Å²) in [6.45, 7) is 2.05. The summed E-state index contributed by atoms with van der Waals surface area (Å²) in [5.74, 6) is -0.511. The molecule has 0 bridgehead atoms. The molecular formula is C20H18FN5O3S3. The van der Waals surface area contributed by atoms with Crippen LogP contribution in [0.2, 0.25) is 0 Å². The Morgan fingerprint density at radius 2 is 2.12 bits per heavy atom. The number of thiazole rings is 1. The van der Waals surface area contributed by atoms with Crippen molar-refractivity contribution in [3.63, 3.8) is 0 Å². The first kappa shape index (κ1) is 21.2. The van der Waals surface area contributed by atoms with E-state index in [4.69, 9.17) is 0 Å². The number of aryl methyl sites for hydroxylation is 1. The van der Waals surface area contributed by atoms with Crippen molar-refractivity contribution in [2.45, 2.75) is 30.0 Å². The summed E-state index contributed by atoms with van der Waals surface area (Å²) in [7, 11) is -3.74. The summed E-state index contributed by atoms with van der Waals surface area (Å²) in [5, 5.41) is 9.30. The second kappa shape index (κ2) is 8.03. The van der Waals surface area contributed by atoms with Crippen molar-refractivity contribution in [3.05, 3.63) is 53.3 Å². The van der Waals surface area contributed by atoms with Gasteiger partial charge in [-0.3, -0.25) is 4.79 Å². The fourth-order valence-corrected chi connectivity index (χ4v) is 7.48. The standard InChI is InChI=1S/C20H18FN5O3S3/c1-12-11-16(26(24-12)20-23-18-13(21)5-2-7-15(18)31-20)22-19(27)14-6-3-9-25(14)32(28,29)17-8-4-10-30-17/h2,4-5,7-8,10-11,14H,3,6,9H2,1H3,(H,22,27)/t14-/m0/s1. The molecule has 1 aliphatic rings. The highest BCUT2D eigenvalue weighted by molar-refractivity contribution is 7.91. The summed E-state index contributed by atoms with van der Waals surface area (Å²) >= 11 is 2.38. The fourth-order valence-electron chi connectivity index (χ4n) is 3.75. The van der Waals surface area contributed by atoms with Gasteiger partial charge < -0.3 is 5.32 Å². The van der Waals surface area contributed by atoms with E-state index in [2.05, 4.69) is 15.4 Å². The van der Waals surface area contributed by atoms with Crippen LogP contribution in [0.5, 0.6) is 0 Å². The number of hydrogen-bond donors (Lipinski definition) is 1. The van der Waals surface area contributed by atoms with Crippen molar-refractivity contribution < 1.29 is 17.6 Å². The molecule has 0 aliphatic carbocycles. The smallest absolute Gasteiger partial charge is 0.253 e. The quantitative estimate of drug-likeness (QED) is 0.458. The first-order valence-electron chi connectivity index (χ1n) is 9.83. The molecule has 0 radical (unpaired) electrons. The zero-order chi connectivity index (χ0) is 22.5. The Morgan fingerprint density at radius 1 is 1.28 bits per heavy atom. The summed E-state index contributed by atoms with van der Waals surface area (Å²) in [6, 6.07) is 8.78. The minimum Gasteiger partial charge on any atom is -0.309 e. The van der Waals surface area contributed by atoms with E-state index >= 15 is 0 Å². The molecule has 1 amide bonds. The van der Waals surface area contributed by atoms with E-state index in [9.17, 15) is 17.6 Å². The third kappa shape index (κ3) is 3.62. The van der Waals surface area contributed by atoms with Crippen LogP contribution in [0.15, 0.2) is 46.0 Å². The number of amides is 1. The predicted molar refractivity (Wildman–Crippen MR) is 121 cm³/mol. The Hall–Kier alpha value is -2.67. The number of hydrogen-bond acceptors (Lipinski definition) is 7. The van der Waals surface area contributed by atoms with Gasteiger partial charge in [-0.05, 0) is 43.3 Å². The van der Waals surface area contributed by atoms with Crippen molar-refractivity contribution >= 4 is 54.6 Å². The highest BCUT2D eigenvalue weighted by Crippen LogP contribution is 2.31. The minimum absolute atomic E-state index is 0.217. The predicted octanol–water partition coefficient (Wildman–Crippen LogP) is 3.78. The largest absolute Gasteiger partial charge is 0.309 e. The lowest BCUT2D eigenvalue weighted by atomic mass is 10.2. The molecule has 0 saturated carbocycles. The Labute approximate surface area is 191 Å². The van der Waals surface area contributed by atoms with Gasteiger partial charge in [0, 0.05) is 12.6 Å². The molecule has 0 unspecified atom stereocenters. The maximum absolute atomic E-state index is 14.1. The summed E-state index contributed by atoms with van der Waals surface area (Å²) in [5.41, 5.74) is 0.872. The molecular weight excluding hydrogens is 473 g/mol. The normalized spacial score (nSPS) is 17.2. The molecule has 1 aliphatic heterocycles. The topological polar surface area (TPSA) is 97.2 Å². The highest BCUT2D eigenvalue weighted by Gasteiger charge is 2.40. The first-order chi connectivity index (χ1) is 15.3. The van der Waals surface area contributed by atoms with E-state index in [1.807, 2.05) is 0 Å². The molecule has 4 heterocycles. The number of nitrogens with zero attached hydrogens (tertiary/aromatic N) is 4. The van der Waals surface area contributed by atoms with Crippen LogP contribution in [-0.4, -0.2) is 46.0 Å². The molecule has 12 heteroatoms. The van der Waals surface area contributed by atoms with Crippen molar-refractivity contribution in [2.75, 3.05) is 11.9 Å². The Balaban J connectivity index is 1.44. The lowest BCUT2D eigenvalue weighted by Crippen LogP contribution is -2.43. The van der Waals surface area contributed by atoms with Crippen LogP contribution in [0.3, 0.4) is 0 Å². The number of anilines is 1. The second-order valence-electron chi connectivity index (χ2n) is 7.36. The number of carbonyl (C=O) groups excluding carboxylic acids is 1. The Morgan fingerprint density at radius 3 is 2.88 bits per heavy atom. The van der Waals surface area contributed by atoms with Gasteiger partial charge in [-0.15, -0.1) is 11.3 Å². The van der Waals surface area contributed by atoms with Crippen LogP contribution in [0.25, 0.3) is 15.3 Å². The molecule has 0 spiro atoms. The number of sulfonamides is 1. The van der Waals surface area contributed by atoms with Crippen LogP contribution in [0, 0.1) is 12.7 Å². The number of para-hydroxylation sites is 1. The molecule has 8 nitrogen and oxygen atoms in total. The van der Waals surface area contributed by atoms with Gasteiger partial charge in [0.25, 0.3) is 10.0 Å². The molecule has 166 valence electrons. The summed E-state index contributed by atoms with van der Waals surface area (Å²) in [6.07, 6.45) is 1.02. The minimum atomic E-state index is -3.74. The molecule has 4 aromatic rings. The zero-order valence-corrected chi connectivity index (χ0v) is 19.3. The van der Waals surface area contributed by atoms with Crippen molar-refractivity contribution in [1.82, 2.24) is 19.1 Å². The van der Waals surface area contributed by atoms with Crippen LogP contribution in [0.4, 0.5) is 10.2 Å². The Kier molecular flexibility index (Phi) is 5.32. The average Bonchev–Trinajstić information content (AvgIpc) is 3.53. The van der Waals surface area contributed by atoms with Crippen LogP contribution < -0.4 is 5.32 Å². The SMILES string of the molecule is Cc1cc(NC(=O)[C@@H]2CCCN2S(=O)(=O)c2cccs2)n(-c2nc3c(F)cccc3s2)n1. The number of thiophene rings is 1. The number of carbonyl (C=O) groups is 1. The maximum atomic E-state index is 14.1. The number of benzene rings is 1. The summed E-state index contributed by atoms with van der Waals surface area (Å²) in [4.78, 5) is 17.5. The van der Waals surface area contributed by atoms with Crippen molar-refractivity contribution in [2.24, 2.45) is 0 Å². The molecule has 3 aromatic heterocycles. The van der Waals surface area contributed by atoms with Gasteiger partial charge >= 0.3 is 0 Å².